The predicted octanol–water partition coefficient (Wildman–Crippen LogP) is 10.2. The van der Waals surface area contributed by atoms with Gasteiger partial charge in [0.05, 0.1) is 16.7 Å². The third kappa shape index (κ3) is 5.62. The lowest BCUT2D eigenvalue weighted by molar-refractivity contribution is 0.112. The van der Waals surface area contributed by atoms with E-state index in [0.717, 1.165) is 72.1 Å². The van der Waals surface area contributed by atoms with Gasteiger partial charge in [0.2, 0.25) is 0 Å². The van der Waals surface area contributed by atoms with Gasteiger partial charge in [-0.15, -0.1) is 0 Å². The van der Waals surface area contributed by atoms with Crippen LogP contribution in [0.4, 0.5) is 11.4 Å². The van der Waals surface area contributed by atoms with Crippen LogP contribution in [-0.2, 0) is 7.05 Å². The fourth-order valence-corrected chi connectivity index (χ4v) is 7.51. The maximum atomic E-state index is 12.6. The SMILES string of the molecule is Cn1c(-c2ccccc2PN(c2ccccc2)c2cc(Br)ccc2-c2c(C=O)cccc2-c2ccccc2)nc2ccccc21. The topological polar surface area (TPSA) is 38.1 Å². The third-order valence-corrected chi connectivity index (χ3v) is 9.87. The molecule has 0 aliphatic carbocycles. The Kier molecular flexibility index (Phi) is 8.13. The number of halogens is 1. The van der Waals surface area contributed by atoms with E-state index in [4.69, 9.17) is 4.98 Å². The zero-order chi connectivity index (χ0) is 30.8. The Morgan fingerprint density at radius 3 is 2.18 bits per heavy atom. The Bertz CT molecular complexity index is 2140. The first-order valence-corrected chi connectivity index (χ1v) is 16.4. The molecule has 6 heteroatoms. The molecule has 1 aromatic heterocycles. The largest absolute Gasteiger partial charge is 0.327 e. The fraction of sp³-hybridized carbons (Fsp3) is 0.0256. The second kappa shape index (κ2) is 12.6. The zero-order valence-electron chi connectivity index (χ0n) is 24.6. The molecule has 0 bridgehead atoms. The highest BCUT2D eigenvalue weighted by atomic mass is 79.9. The lowest BCUT2D eigenvalue weighted by atomic mass is 9.90. The Balaban J connectivity index is 1.44. The van der Waals surface area contributed by atoms with E-state index in [1.54, 1.807) is 0 Å². The maximum absolute atomic E-state index is 12.6. The van der Waals surface area contributed by atoms with Gasteiger partial charge in [-0.25, -0.2) is 4.98 Å². The first-order valence-electron chi connectivity index (χ1n) is 14.7. The molecule has 0 saturated carbocycles. The number of aromatic nitrogens is 2. The molecule has 218 valence electrons. The molecular formula is C39H29BrN3OP. The van der Waals surface area contributed by atoms with Gasteiger partial charge in [0.15, 0.2) is 6.29 Å². The van der Waals surface area contributed by atoms with Crippen molar-refractivity contribution in [3.63, 3.8) is 0 Å². The van der Waals surface area contributed by atoms with Crippen LogP contribution < -0.4 is 9.97 Å². The first kappa shape index (κ1) is 28.9. The molecule has 0 aliphatic rings. The number of carbonyl (C=O) groups excluding carboxylic acids is 1. The lowest BCUT2D eigenvalue weighted by Crippen LogP contribution is -2.14. The van der Waals surface area contributed by atoms with Crippen molar-refractivity contribution >= 4 is 58.7 Å². The van der Waals surface area contributed by atoms with Gasteiger partial charge in [0.1, 0.15) is 5.82 Å². The Morgan fingerprint density at radius 1 is 0.711 bits per heavy atom. The van der Waals surface area contributed by atoms with E-state index in [2.05, 4.69) is 129 Å². The molecule has 7 rings (SSSR count). The van der Waals surface area contributed by atoms with Gasteiger partial charge in [-0.3, -0.25) is 4.79 Å². The minimum Gasteiger partial charge on any atom is -0.327 e. The molecule has 0 N–H and O–H groups in total. The Morgan fingerprint density at radius 2 is 1.40 bits per heavy atom. The predicted molar refractivity (Wildman–Crippen MR) is 193 cm³/mol. The number of rotatable bonds is 8. The quantitative estimate of drug-likeness (QED) is 0.120. The molecule has 45 heavy (non-hydrogen) atoms. The minimum absolute atomic E-state index is 0.227. The third-order valence-electron chi connectivity index (χ3n) is 7.98. The van der Waals surface area contributed by atoms with Gasteiger partial charge in [-0.2, -0.15) is 0 Å². The standard InChI is InChI=1S/C39H29BrN3OP/c1-42-35-21-10-9-20-34(35)41-39(42)33-18-8-11-22-37(33)45-43(30-16-6-3-7-17-30)36-25-29(40)23-24-32(36)38-28(26-44)15-12-19-31(38)27-13-4-2-5-14-27/h2-26,45H,1H3. The molecule has 0 fully saturated rings. The Hall–Kier alpha value is -4.83. The van der Waals surface area contributed by atoms with Gasteiger partial charge in [0, 0.05) is 53.5 Å². The summed E-state index contributed by atoms with van der Waals surface area (Å²) in [5.74, 6) is 0.930. The summed E-state index contributed by atoms with van der Waals surface area (Å²) < 4.78 is 5.49. The van der Waals surface area contributed by atoms with Crippen LogP contribution in [0.5, 0.6) is 0 Å². The van der Waals surface area contributed by atoms with Crippen molar-refractivity contribution in [2.45, 2.75) is 0 Å². The van der Waals surface area contributed by atoms with E-state index in [1.807, 2.05) is 48.5 Å². The van der Waals surface area contributed by atoms with Crippen LogP contribution in [0.25, 0.3) is 44.7 Å². The van der Waals surface area contributed by atoms with Crippen LogP contribution in [0.3, 0.4) is 0 Å². The Labute approximate surface area is 273 Å². The lowest BCUT2D eigenvalue weighted by Gasteiger charge is -2.29. The first-order chi connectivity index (χ1) is 22.1. The van der Waals surface area contributed by atoms with Crippen LogP contribution in [-0.4, -0.2) is 15.8 Å². The number of anilines is 2. The molecule has 6 aromatic carbocycles. The van der Waals surface area contributed by atoms with Gasteiger partial charge in [0.25, 0.3) is 0 Å². The normalized spacial score (nSPS) is 11.3. The molecule has 0 amide bonds. The maximum Gasteiger partial charge on any atom is 0.150 e. The van der Waals surface area contributed by atoms with E-state index >= 15 is 0 Å². The number of hydrogen-bond donors (Lipinski definition) is 0. The summed E-state index contributed by atoms with van der Waals surface area (Å²) in [6, 6.07) is 49.7. The van der Waals surface area contributed by atoms with Crippen molar-refractivity contribution in [3.05, 3.63) is 156 Å². The molecule has 1 heterocycles. The summed E-state index contributed by atoms with van der Waals surface area (Å²) in [6.45, 7) is 0. The van der Waals surface area contributed by atoms with Crippen molar-refractivity contribution in [2.75, 3.05) is 4.67 Å². The molecule has 0 spiro atoms. The number of nitrogens with zero attached hydrogens (tertiary/aromatic N) is 3. The molecule has 1 unspecified atom stereocenters. The highest BCUT2D eigenvalue weighted by Gasteiger charge is 2.22. The molecule has 0 radical (unpaired) electrons. The number of fused-ring (bicyclic) bond motifs is 1. The molecule has 4 nitrogen and oxygen atoms in total. The summed E-state index contributed by atoms with van der Waals surface area (Å²) in [5, 5.41) is 1.16. The minimum atomic E-state index is 0.227. The molecular weight excluding hydrogens is 637 g/mol. The van der Waals surface area contributed by atoms with Gasteiger partial charge in [-0.05, 0) is 47.5 Å². The second-order valence-electron chi connectivity index (χ2n) is 10.7. The van der Waals surface area contributed by atoms with E-state index in [1.165, 1.54) is 0 Å². The second-order valence-corrected chi connectivity index (χ2v) is 12.9. The molecule has 0 aliphatic heterocycles. The summed E-state index contributed by atoms with van der Waals surface area (Å²) >= 11 is 3.77. The number of hydrogen-bond acceptors (Lipinski definition) is 3. The van der Waals surface area contributed by atoms with Crippen LogP contribution >= 0.6 is 24.7 Å². The number of carbonyl (C=O) groups is 1. The van der Waals surface area contributed by atoms with E-state index in [-0.39, 0.29) is 8.73 Å². The van der Waals surface area contributed by atoms with Crippen molar-refractivity contribution in [2.24, 2.45) is 7.05 Å². The van der Waals surface area contributed by atoms with Crippen molar-refractivity contribution in [3.8, 4) is 33.6 Å². The number of aldehydes is 1. The monoisotopic (exact) mass is 665 g/mol. The summed E-state index contributed by atoms with van der Waals surface area (Å²) in [6.07, 6.45) is 0.962. The van der Waals surface area contributed by atoms with Gasteiger partial charge in [-0.1, -0.05) is 125 Å². The smallest absolute Gasteiger partial charge is 0.150 e. The van der Waals surface area contributed by atoms with Gasteiger partial charge >= 0.3 is 0 Å². The summed E-state index contributed by atoms with van der Waals surface area (Å²) in [7, 11) is 2.30. The number of para-hydroxylation sites is 3. The molecule has 7 aromatic rings. The van der Waals surface area contributed by atoms with Crippen molar-refractivity contribution in [1.29, 1.82) is 0 Å². The molecule has 1 atom stereocenters. The molecule has 0 saturated heterocycles. The van der Waals surface area contributed by atoms with Crippen molar-refractivity contribution < 1.29 is 4.79 Å². The van der Waals surface area contributed by atoms with Crippen molar-refractivity contribution in [1.82, 2.24) is 9.55 Å². The summed E-state index contributed by atoms with van der Waals surface area (Å²) in [4.78, 5) is 17.6. The van der Waals surface area contributed by atoms with Crippen LogP contribution in [0, 0.1) is 0 Å². The fourth-order valence-electron chi connectivity index (χ4n) is 5.85. The summed E-state index contributed by atoms with van der Waals surface area (Å²) in [5.41, 5.74) is 9.83. The zero-order valence-corrected chi connectivity index (χ0v) is 27.1. The van der Waals surface area contributed by atoms with E-state index < -0.39 is 0 Å². The van der Waals surface area contributed by atoms with Gasteiger partial charge < -0.3 is 9.24 Å². The van der Waals surface area contributed by atoms with E-state index in [0.29, 0.717) is 5.56 Å². The highest BCUT2D eigenvalue weighted by molar-refractivity contribution is 9.10. The van der Waals surface area contributed by atoms with E-state index in [9.17, 15) is 4.79 Å². The highest BCUT2D eigenvalue weighted by Crippen LogP contribution is 2.47. The number of imidazole rings is 1. The van der Waals surface area contributed by atoms with Crippen LogP contribution in [0.15, 0.2) is 150 Å². The van der Waals surface area contributed by atoms with Crippen LogP contribution in [0.2, 0.25) is 0 Å². The number of aryl methyl sites for hydroxylation is 1. The average Bonchev–Trinajstić information content (AvgIpc) is 3.43. The van der Waals surface area contributed by atoms with Crippen LogP contribution in [0.1, 0.15) is 10.4 Å². The number of benzene rings is 6. The average molecular weight is 667 g/mol.